The molecule has 1 heterocycles. The second-order valence-corrected chi connectivity index (χ2v) is 4.26. The molecule has 1 aliphatic heterocycles. The number of hydrogen-bond donors (Lipinski definition) is 0. The van der Waals surface area contributed by atoms with Gasteiger partial charge in [-0.1, -0.05) is 51.7 Å². The van der Waals surface area contributed by atoms with E-state index in [1.54, 1.807) is 6.08 Å². The van der Waals surface area contributed by atoms with E-state index in [1.807, 2.05) is 12.2 Å². The number of carbonyl (C=O) groups is 1. The third-order valence-electron chi connectivity index (χ3n) is 3.00. The minimum atomic E-state index is -0.280. The van der Waals surface area contributed by atoms with Crippen LogP contribution in [0.25, 0.3) is 0 Å². The molecule has 1 atom stereocenters. The molecule has 0 amide bonds. The molecule has 0 aromatic rings. The summed E-state index contributed by atoms with van der Waals surface area (Å²) in [6, 6.07) is 0. The van der Waals surface area contributed by atoms with Crippen molar-refractivity contribution in [2.75, 3.05) is 6.61 Å². The third kappa shape index (κ3) is 3.19. The maximum atomic E-state index is 11.4. The maximum absolute atomic E-state index is 11.4. The Kier molecular flexibility index (Phi) is 4.95. The lowest BCUT2D eigenvalue weighted by Gasteiger charge is -2.11. The molecule has 0 saturated carbocycles. The smallest absolute Gasteiger partial charge is 0.338 e. The summed E-state index contributed by atoms with van der Waals surface area (Å²) in [6.45, 7) is 12.2. The van der Waals surface area contributed by atoms with Crippen LogP contribution in [0.1, 0.15) is 26.7 Å². The number of esters is 1. The summed E-state index contributed by atoms with van der Waals surface area (Å²) in [6.07, 6.45) is 7.68. The summed E-state index contributed by atoms with van der Waals surface area (Å²) >= 11 is 0. The highest BCUT2D eigenvalue weighted by atomic mass is 16.5. The van der Waals surface area contributed by atoms with E-state index in [9.17, 15) is 4.79 Å². The lowest BCUT2D eigenvalue weighted by molar-refractivity contribution is -0.135. The Hall–Kier alpha value is -1.57. The molecule has 17 heavy (non-hydrogen) atoms. The summed E-state index contributed by atoms with van der Waals surface area (Å²) < 4.78 is 4.99. The van der Waals surface area contributed by atoms with Crippen LogP contribution in [0.15, 0.2) is 48.1 Å². The predicted octanol–water partition coefficient (Wildman–Crippen LogP) is 3.57. The molecule has 1 aliphatic rings. The average Bonchev–Trinajstić information content (AvgIpc) is 2.66. The first-order chi connectivity index (χ1) is 8.13. The van der Waals surface area contributed by atoms with E-state index in [4.69, 9.17) is 4.74 Å². The fourth-order valence-corrected chi connectivity index (χ4v) is 1.97. The van der Waals surface area contributed by atoms with Gasteiger partial charge in [-0.3, -0.25) is 0 Å². The molecule has 1 unspecified atom stereocenters. The largest absolute Gasteiger partial charge is 0.457 e. The highest BCUT2D eigenvalue weighted by molar-refractivity contribution is 5.95. The van der Waals surface area contributed by atoms with Crippen LogP contribution < -0.4 is 0 Å². The average molecular weight is 232 g/mol. The zero-order chi connectivity index (χ0) is 12.8. The van der Waals surface area contributed by atoms with Crippen LogP contribution >= 0.6 is 0 Å². The van der Waals surface area contributed by atoms with Gasteiger partial charge in [0.15, 0.2) is 0 Å². The van der Waals surface area contributed by atoms with E-state index < -0.39 is 0 Å². The van der Waals surface area contributed by atoms with E-state index in [2.05, 4.69) is 27.0 Å². The van der Waals surface area contributed by atoms with Crippen LogP contribution in [0.2, 0.25) is 0 Å². The van der Waals surface area contributed by atoms with Gasteiger partial charge in [-0.2, -0.15) is 0 Å². The van der Waals surface area contributed by atoms with E-state index in [0.29, 0.717) is 18.1 Å². The molecule has 0 N–H and O–H groups in total. The van der Waals surface area contributed by atoms with Gasteiger partial charge in [-0.25, -0.2) is 4.79 Å². The van der Waals surface area contributed by atoms with Crippen molar-refractivity contribution in [3.8, 4) is 0 Å². The Labute approximate surface area is 103 Å². The van der Waals surface area contributed by atoms with Gasteiger partial charge in [-0.05, 0) is 17.9 Å². The van der Waals surface area contributed by atoms with Crippen molar-refractivity contribution in [3.05, 3.63) is 48.1 Å². The lowest BCUT2D eigenvalue weighted by Crippen LogP contribution is -1.98. The molecule has 92 valence electrons. The number of carbonyl (C=O) groups excluding carboxylic acids is 1. The number of hydrogen-bond acceptors (Lipinski definition) is 2. The summed E-state index contributed by atoms with van der Waals surface area (Å²) in [7, 11) is 0. The molecule has 0 aromatic heterocycles. The van der Waals surface area contributed by atoms with Crippen LogP contribution in [0.5, 0.6) is 0 Å². The van der Waals surface area contributed by atoms with Crippen molar-refractivity contribution in [3.63, 3.8) is 0 Å². The lowest BCUT2D eigenvalue weighted by atomic mass is 9.94. The van der Waals surface area contributed by atoms with Crippen molar-refractivity contribution in [1.29, 1.82) is 0 Å². The predicted molar refractivity (Wildman–Crippen MR) is 70.5 cm³/mol. The van der Waals surface area contributed by atoms with Gasteiger partial charge in [0.1, 0.15) is 6.61 Å². The molecule has 0 radical (unpaired) electrons. The van der Waals surface area contributed by atoms with Crippen LogP contribution in [-0.4, -0.2) is 12.6 Å². The number of ether oxygens (including phenoxy) is 1. The minimum absolute atomic E-state index is 0.280. The fraction of sp³-hybridized carbons (Fsp3) is 0.400. The first kappa shape index (κ1) is 13.5. The van der Waals surface area contributed by atoms with Crippen molar-refractivity contribution >= 4 is 5.97 Å². The molecule has 0 fully saturated rings. The van der Waals surface area contributed by atoms with E-state index >= 15 is 0 Å². The molecule has 0 bridgehead atoms. The number of rotatable bonds is 6. The molecular weight excluding hydrogens is 212 g/mol. The first-order valence-corrected chi connectivity index (χ1v) is 6.00. The topological polar surface area (TPSA) is 26.3 Å². The van der Waals surface area contributed by atoms with Gasteiger partial charge < -0.3 is 4.74 Å². The quantitative estimate of drug-likeness (QED) is 0.517. The Morgan fingerprint density at radius 3 is 2.76 bits per heavy atom. The normalized spacial score (nSPS) is 18.0. The van der Waals surface area contributed by atoms with Crippen LogP contribution in [0, 0.1) is 5.92 Å². The first-order valence-electron chi connectivity index (χ1n) is 6.00. The van der Waals surface area contributed by atoms with E-state index in [0.717, 1.165) is 24.0 Å². The standard InChI is InChI=1S/C15H20O2/c1-5-8-11(4)12(6-2)9-13-10-17-15(16)14(13)7-3/h6-7,9,11H,2-3,5,8,10H2,1,4H3/b12-9+. The monoisotopic (exact) mass is 232 g/mol. The molecule has 0 spiro atoms. The number of cyclic esters (lactones) is 1. The van der Waals surface area contributed by atoms with Crippen molar-refractivity contribution in [2.24, 2.45) is 5.92 Å². The molecule has 0 saturated heterocycles. The summed E-state index contributed by atoms with van der Waals surface area (Å²) in [4.78, 5) is 11.4. The molecule has 2 nitrogen and oxygen atoms in total. The Bertz CT molecular complexity index is 386. The minimum Gasteiger partial charge on any atom is -0.457 e. The molecule has 1 rings (SSSR count). The van der Waals surface area contributed by atoms with Gasteiger partial charge in [0, 0.05) is 5.57 Å². The van der Waals surface area contributed by atoms with E-state index in [-0.39, 0.29) is 5.97 Å². The Morgan fingerprint density at radius 1 is 1.53 bits per heavy atom. The Balaban J connectivity index is 2.99. The van der Waals surface area contributed by atoms with Gasteiger partial charge in [0.25, 0.3) is 0 Å². The van der Waals surface area contributed by atoms with E-state index in [1.165, 1.54) is 0 Å². The van der Waals surface area contributed by atoms with Crippen LogP contribution in [-0.2, 0) is 9.53 Å². The fourth-order valence-electron chi connectivity index (χ4n) is 1.97. The zero-order valence-electron chi connectivity index (χ0n) is 10.7. The van der Waals surface area contributed by atoms with Gasteiger partial charge in [0.05, 0.1) is 5.57 Å². The third-order valence-corrected chi connectivity index (χ3v) is 3.00. The zero-order valence-corrected chi connectivity index (χ0v) is 10.7. The van der Waals surface area contributed by atoms with Gasteiger partial charge in [0.2, 0.25) is 0 Å². The molecule has 0 aromatic carbocycles. The summed E-state index contributed by atoms with van der Waals surface area (Å²) in [5, 5.41) is 0. The second-order valence-electron chi connectivity index (χ2n) is 4.26. The van der Waals surface area contributed by atoms with Crippen LogP contribution in [0.4, 0.5) is 0 Å². The number of allylic oxidation sites excluding steroid dienone is 2. The van der Waals surface area contributed by atoms with Crippen molar-refractivity contribution in [1.82, 2.24) is 0 Å². The molecule has 2 heteroatoms. The Morgan fingerprint density at radius 2 is 2.24 bits per heavy atom. The SMILES string of the molecule is C=CC1=C(/C=C(\C=C)C(C)CCC)COC1=O. The highest BCUT2D eigenvalue weighted by Gasteiger charge is 2.21. The van der Waals surface area contributed by atoms with Crippen molar-refractivity contribution < 1.29 is 9.53 Å². The maximum Gasteiger partial charge on any atom is 0.338 e. The van der Waals surface area contributed by atoms with Gasteiger partial charge >= 0.3 is 5.97 Å². The molecule has 0 aliphatic carbocycles. The summed E-state index contributed by atoms with van der Waals surface area (Å²) in [5.74, 6) is 0.171. The highest BCUT2D eigenvalue weighted by Crippen LogP contribution is 2.24. The molecular formula is C15H20O2. The van der Waals surface area contributed by atoms with Crippen LogP contribution in [0.3, 0.4) is 0 Å². The van der Waals surface area contributed by atoms with Gasteiger partial charge in [-0.15, -0.1) is 0 Å². The second kappa shape index (κ2) is 6.24. The van der Waals surface area contributed by atoms with Crippen molar-refractivity contribution in [2.45, 2.75) is 26.7 Å². The summed E-state index contributed by atoms with van der Waals surface area (Å²) in [5.41, 5.74) is 2.63.